The standard InChI is InChI=1S/C22H35N3O2/c1-18-6-5-8-20(16-18)25-13-11-24(12-14-25)17-22(26)23-10-15-27-21-9-4-3-7-19(21)2/h5-6,8,16,19,21H,3-4,7,9-15,17H2,1-2H3,(H,23,26). The van der Waals surface area contributed by atoms with Crippen LogP contribution >= 0.6 is 0 Å². The Morgan fingerprint density at radius 2 is 1.96 bits per heavy atom. The lowest BCUT2D eigenvalue weighted by Crippen LogP contribution is -2.49. The maximum absolute atomic E-state index is 12.2. The summed E-state index contributed by atoms with van der Waals surface area (Å²) >= 11 is 0. The van der Waals surface area contributed by atoms with Crippen LogP contribution in [0.1, 0.15) is 38.2 Å². The van der Waals surface area contributed by atoms with Crippen molar-refractivity contribution >= 4 is 11.6 Å². The van der Waals surface area contributed by atoms with Gasteiger partial charge in [0.05, 0.1) is 19.3 Å². The molecule has 3 rings (SSSR count). The highest BCUT2D eigenvalue weighted by Gasteiger charge is 2.22. The number of nitrogens with one attached hydrogen (secondary N) is 1. The fraction of sp³-hybridized carbons (Fsp3) is 0.682. The Kier molecular flexibility index (Phi) is 7.53. The Morgan fingerprint density at radius 1 is 1.19 bits per heavy atom. The van der Waals surface area contributed by atoms with Crippen LogP contribution in [0.4, 0.5) is 5.69 Å². The first kappa shape index (κ1) is 20.2. The summed E-state index contributed by atoms with van der Waals surface area (Å²) in [5.74, 6) is 0.762. The molecule has 0 radical (unpaired) electrons. The summed E-state index contributed by atoms with van der Waals surface area (Å²) in [6.07, 6.45) is 5.42. The normalized spacial score (nSPS) is 24.0. The molecule has 0 aromatic heterocycles. The van der Waals surface area contributed by atoms with E-state index in [-0.39, 0.29) is 5.91 Å². The fourth-order valence-corrected chi connectivity index (χ4v) is 4.18. The number of nitrogens with zero attached hydrogens (tertiary/aromatic N) is 2. The summed E-state index contributed by atoms with van der Waals surface area (Å²) in [5, 5.41) is 3.02. The molecule has 1 aliphatic carbocycles. The molecule has 0 bridgehead atoms. The number of hydrogen-bond donors (Lipinski definition) is 1. The van der Waals surface area contributed by atoms with Crippen molar-refractivity contribution in [2.45, 2.75) is 45.6 Å². The van der Waals surface area contributed by atoms with Crippen LogP contribution in [0.2, 0.25) is 0 Å². The summed E-state index contributed by atoms with van der Waals surface area (Å²) in [5.41, 5.74) is 2.58. The minimum Gasteiger partial charge on any atom is -0.376 e. The number of anilines is 1. The van der Waals surface area contributed by atoms with Gasteiger partial charge >= 0.3 is 0 Å². The largest absolute Gasteiger partial charge is 0.376 e. The van der Waals surface area contributed by atoms with Gasteiger partial charge in [-0.15, -0.1) is 0 Å². The molecule has 1 aromatic rings. The number of amides is 1. The molecule has 1 saturated heterocycles. The van der Waals surface area contributed by atoms with Gasteiger partial charge in [-0.1, -0.05) is 31.9 Å². The van der Waals surface area contributed by atoms with Gasteiger partial charge in [0.25, 0.3) is 0 Å². The SMILES string of the molecule is Cc1cccc(N2CCN(CC(=O)NCCOC3CCCCC3C)CC2)c1. The molecular weight excluding hydrogens is 338 g/mol. The molecule has 2 unspecified atom stereocenters. The van der Waals surface area contributed by atoms with E-state index in [0.29, 0.717) is 31.7 Å². The Balaban J connectivity index is 1.30. The minimum absolute atomic E-state index is 0.110. The molecule has 1 N–H and O–H groups in total. The van der Waals surface area contributed by atoms with Gasteiger partial charge in [0.2, 0.25) is 5.91 Å². The number of carbonyl (C=O) groups excluding carboxylic acids is 1. The summed E-state index contributed by atoms with van der Waals surface area (Å²) in [7, 11) is 0. The molecule has 1 amide bonds. The van der Waals surface area contributed by atoms with Crippen molar-refractivity contribution in [3.8, 4) is 0 Å². The smallest absolute Gasteiger partial charge is 0.234 e. The molecule has 150 valence electrons. The molecular formula is C22H35N3O2. The molecule has 1 saturated carbocycles. The van der Waals surface area contributed by atoms with Crippen LogP contribution < -0.4 is 10.2 Å². The van der Waals surface area contributed by atoms with Gasteiger partial charge in [-0.05, 0) is 43.4 Å². The van der Waals surface area contributed by atoms with Crippen molar-refractivity contribution in [3.05, 3.63) is 29.8 Å². The molecule has 2 atom stereocenters. The van der Waals surface area contributed by atoms with Crippen LogP contribution in [-0.2, 0) is 9.53 Å². The van der Waals surface area contributed by atoms with Gasteiger partial charge in [-0.25, -0.2) is 0 Å². The van der Waals surface area contributed by atoms with Crippen LogP contribution in [-0.4, -0.2) is 62.8 Å². The Bertz CT molecular complexity index is 599. The third-order valence-electron chi connectivity index (χ3n) is 5.90. The van der Waals surface area contributed by atoms with E-state index in [2.05, 4.69) is 53.2 Å². The van der Waals surface area contributed by atoms with E-state index < -0.39 is 0 Å². The predicted octanol–water partition coefficient (Wildman–Crippen LogP) is 2.83. The molecule has 2 fully saturated rings. The van der Waals surface area contributed by atoms with E-state index in [0.717, 1.165) is 26.2 Å². The fourth-order valence-electron chi connectivity index (χ4n) is 4.18. The van der Waals surface area contributed by atoms with E-state index in [1.165, 1.54) is 36.9 Å². The van der Waals surface area contributed by atoms with Gasteiger partial charge in [-0.2, -0.15) is 0 Å². The van der Waals surface area contributed by atoms with Gasteiger partial charge in [0, 0.05) is 38.4 Å². The highest BCUT2D eigenvalue weighted by Crippen LogP contribution is 2.26. The third-order valence-corrected chi connectivity index (χ3v) is 5.90. The molecule has 2 aliphatic rings. The average Bonchev–Trinajstić information content (AvgIpc) is 2.67. The van der Waals surface area contributed by atoms with Crippen LogP contribution in [0.15, 0.2) is 24.3 Å². The van der Waals surface area contributed by atoms with E-state index in [1.807, 2.05) is 0 Å². The van der Waals surface area contributed by atoms with Crippen molar-refractivity contribution in [3.63, 3.8) is 0 Å². The van der Waals surface area contributed by atoms with Crippen molar-refractivity contribution < 1.29 is 9.53 Å². The van der Waals surface area contributed by atoms with Crippen molar-refractivity contribution in [1.29, 1.82) is 0 Å². The molecule has 1 aliphatic heterocycles. The highest BCUT2D eigenvalue weighted by atomic mass is 16.5. The summed E-state index contributed by atoms with van der Waals surface area (Å²) in [6, 6.07) is 8.64. The number of ether oxygens (including phenoxy) is 1. The Hall–Kier alpha value is -1.59. The summed E-state index contributed by atoms with van der Waals surface area (Å²) in [4.78, 5) is 16.8. The first-order valence-corrected chi connectivity index (χ1v) is 10.5. The maximum atomic E-state index is 12.2. The molecule has 27 heavy (non-hydrogen) atoms. The summed E-state index contributed by atoms with van der Waals surface area (Å²) < 4.78 is 5.97. The van der Waals surface area contributed by atoms with Gasteiger partial charge in [-0.3, -0.25) is 9.69 Å². The van der Waals surface area contributed by atoms with E-state index in [9.17, 15) is 4.79 Å². The number of aryl methyl sites for hydroxylation is 1. The van der Waals surface area contributed by atoms with Crippen LogP contribution in [0, 0.1) is 12.8 Å². The lowest BCUT2D eigenvalue weighted by Gasteiger charge is -2.35. The highest BCUT2D eigenvalue weighted by molar-refractivity contribution is 5.78. The zero-order valence-corrected chi connectivity index (χ0v) is 17.0. The van der Waals surface area contributed by atoms with Crippen LogP contribution in [0.25, 0.3) is 0 Å². The van der Waals surface area contributed by atoms with Crippen molar-refractivity contribution in [2.24, 2.45) is 5.92 Å². The van der Waals surface area contributed by atoms with Crippen LogP contribution in [0.5, 0.6) is 0 Å². The quantitative estimate of drug-likeness (QED) is 0.747. The second-order valence-corrected chi connectivity index (χ2v) is 8.12. The lowest BCUT2D eigenvalue weighted by atomic mass is 9.88. The van der Waals surface area contributed by atoms with E-state index in [1.54, 1.807) is 0 Å². The molecule has 5 nitrogen and oxygen atoms in total. The number of carbonyl (C=O) groups is 1. The van der Waals surface area contributed by atoms with Gasteiger partial charge in [0.1, 0.15) is 0 Å². The van der Waals surface area contributed by atoms with Gasteiger partial charge < -0.3 is 15.0 Å². The van der Waals surface area contributed by atoms with Crippen LogP contribution in [0.3, 0.4) is 0 Å². The second-order valence-electron chi connectivity index (χ2n) is 8.12. The maximum Gasteiger partial charge on any atom is 0.234 e. The number of piperazine rings is 1. The van der Waals surface area contributed by atoms with Crippen molar-refractivity contribution in [1.82, 2.24) is 10.2 Å². The molecule has 5 heteroatoms. The lowest BCUT2D eigenvalue weighted by molar-refractivity contribution is -0.122. The van der Waals surface area contributed by atoms with E-state index in [4.69, 9.17) is 4.74 Å². The minimum atomic E-state index is 0.110. The Morgan fingerprint density at radius 3 is 2.70 bits per heavy atom. The first-order chi connectivity index (χ1) is 13.1. The van der Waals surface area contributed by atoms with Crippen molar-refractivity contribution in [2.75, 3.05) is 50.8 Å². The number of benzene rings is 1. The summed E-state index contributed by atoms with van der Waals surface area (Å²) in [6.45, 7) is 9.93. The predicted molar refractivity (Wildman–Crippen MR) is 110 cm³/mol. The topological polar surface area (TPSA) is 44.8 Å². The zero-order chi connectivity index (χ0) is 19.1. The molecule has 0 spiro atoms. The van der Waals surface area contributed by atoms with Gasteiger partial charge in [0.15, 0.2) is 0 Å². The number of rotatable bonds is 7. The third kappa shape index (κ3) is 6.22. The first-order valence-electron chi connectivity index (χ1n) is 10.5. The number of hydrogen-bond acceptors (Lipinski definition) is 4. The monoisotopic (exact) mass is 373 g/mol. The Labute approximate surface area is 164 Å². The van der Waals surface area contributed by atoms with E-state index >= 15 is 0 Å². The molecule has 1 heterocycles. The zero-order valence-electron chi connectivity index (χ0n) is 17.0. The average molecular weight is 374 g/mol. The second kappa shape index (κ2) is 10.1. The molecule has 1 aromatic carbocycles.